The van der Waals surface area contributed by atoms with Gasteiger partial charge in [0.15, 0.2) is 6.23 Å². The van der Waals surface area contributed by atoms with Crippen LogP contribution in [0.5, 0.6) is 0 Å². The zero-order valence-electron chi connectivity index (χ0n) is 8.47. The van der Waals surface area contributed by atoms with Gasteiger partial charge in [0.2, 0.25) is 0 Å². The molecule has 1 rings (SSSR count). The van der Waals surface area contributed by atoms with E-state index in [1.54, 1.807) is 4.67 Å². The minimum absolute atomic E-state index is 0.325. The fourth-order valence-corrected chi connectivity index (χ4v) is 3.44. The molecule has 0 saturated carbocycles. The third-order valence-electron chi connectivity index (χ3n) is 2.18. The van der Waals surface area contributed by atoms with Gasteiger partial charge in [-0.1, -0.05) is 13.8 Å². The Morgan fingerprint density at radius 2 is 2.29 bits per heavy atom. The van der Waals surface area contributed by atoms with Gasteiger partial charge >= 0.3 is 7.67 Å². The maximum Gasteiger partial charge on any atom is 0.345 e. The van der Waals surface area contributed by atoms with E-state index in [0.717, 1.165) is 0 Å². The summed E-state index contributed by atoms with van der Waals surface area (Å²) in [6, 6.07) is 0. The summed E-state index contributed by atoms with van der Waals surface area (Å²) in [6.07, 6.45) is -0.114. The Morgan fingerprint density at radius 3 is 2.79 bits per heavy atom. The molecule has 0 amide bonds. The molecule has 0 aromatic heterocycles. The summed E-state index contributed by atoms with van der Waals surface area (Å²) in [4.78, 5) is 4.14. The average molecular weight is 224 g/mol. The standard InChI is InChI=1S/C7H17N2O4P/c1-3-9(4-2)14(11)8-7(13-10)5-6-12-14/h7,10H,3-6H2,1-2H3,(H,8,11). The highest BCUT2D eigenvalue weighted by Crippen LogP contribution is 2.49. The Kier molecular flexibility index (Phi) is 4.50. The van der Waals surface area contributed by atoms with Crippen LogP contribution in [-0.4, -0.2) is 35.9 Å². The second-order valence-electron chi connectivity index (χ2n) is 3.00. The molecule has 0 radical (unpaired) electrons. The monoisotopic (exact) mass is 224 g/mol. The van der Waals surface area contributed by atoms with Crippen LogP contribution in [0.2, 0.25) is 0 Å². The molecule has 2 unspecified atom stereocenters. The summed E-state index contributed by atoms with van der Waals surface area (Å²) >= 11 is 0. The van der Waals surface area contributed by atoms with Gasteiger partial charge < -0.3 is 4.52 Å². The van der Waals surface area contributed by atoms with Crippen LogP contribution in [0, 0.1) is 0 Å². The molecule has 1 aliphatic heterocycles. The van der Waals surface area contributed by atoms with Crippen molar-refractivity contribution in [2.24, 2.45) is 0 Å². The molecular formula is C7H17N2O4P. The summed E-state index contributed by atoms with van der Waals surface area (Å²) in [5, 5.41) is 11.2. The highest BCUT2D eigenvalue weighted by molar-refractivity contribution is 7.54. The third-order valence-corrected chi connectivity index (χ3v) is 4.64. The van der Waals surface area contributed by atoms with E-state index in [-0.39, 0.29) is 0 Å². The number of hydrogen-bond acceptors (Lipinski definition) is 4. The van der Waals surface area contributed by atoms with E-state index < -0.39 is 13.9 Å². The average Bonchev–Trinajstić information content (AvgIpc) is 2.19. The smallest absolute Gasteiger partial charge is 0.306 e. The Labute approximate surface area is 83.7 Å². The molecule has 1 saturated heterocycles. The van der Waals surface area contributed by atoms with Gasteiger partial charge in [-0.25, -0.2) is 14.6 Å². The number of nitrogens with zero attached hydrogens (tertiary/aromatic N) is 1. The summed E-state index contributed by atoms with van der Waals surface area (Å²) in [6.45, 7) is 5.37. The Bertz CT molecular complexity index is 222. The molecule has 6 nitrogen and oxygen atoms in total. The topological polar surface area (TPSA) is 71.0 Å². The van der Waals surface area contributed by atoms with Gasteiger partial charge in [0.05, 0.1) is 6.61 Å². The van der Waals surface area contributed by atoms with E-state index >= 15 is 0 Å². The van der Waals surface area contributed by atoms with Gasteiger partial charge in [0, 0.05) is 19.5 Å². The molecule has 0 aromatic carbocycles. The maximum absolute atomic E-state index is 12.2. The lowest BCUT2D eigenvalue weighted by atomic mass is 10.4. The van der Waals surface area contributed by atoms with Crippen LogP contribution < -0.4 is 5.09 Å². The highest BCUT2D eigenvalue weighted by Gasteiger charge is 2.36. The predicted molar refractivity (Wildman–Crippen MR) is 51.7 cm³/mol. The normalized spacial score (nSPS) is 33.6. The van der Waals surface area contributed by atoms with Crippen LogP contribution in [0.25, 0.3) is 0 Å². The molecule has 7 heteroatoms. The van der Waals surface area contributed by atoms with Crippen LogP contribution in [0.1, 0.15) is 20.3 Å². The van der Waals surface area contributed by atoms with Crippen LogP contribution in [0.15, 0.2) is 0 Å². The van der Waals surface area contributed by atoms with Gasteiger partial charge in [-0.15, -0.1) is 0 Å². The minimum Gasteiger partial charge on any atom is -0.306 e. The molecule has 0 bridgehead atoms. The zero-order chi connectivity index (χ0) is 10.6. The van der Waals surface area contributed by atoms with Gasteiger partial charge in [0.25, 0.3) is 0 Å². The van der Waals surface area contributed by atoms with Gasteiger partial charge in [-0.2, -0.15) is 0 Å². The summed E-state index contributed by atoms with van der Waals surface area (Å²) in [5.74, 6) is 0. The van der Waals surface area contributed by atoms with Crippen molar-refractivity contribution >= 4 is 7.67 Å². The lowest BCUT2D eigenvalue weighted by Gasteiger charge is -2.35. The maximum atomic E-state index is 12.2. The van der Waals surface area contributed by atoms with Crippen molar-refractivity contribution in [3.05, 3.63) is 0 Å². The lowest BCUT2D eigenvalue weighted by Crippen LogP contribution is -2.40. The first-order valence-electron chi connectivity index (χ1n) is 4.74. The van der Waals surface area contributed by atoms with Crippen molar-refractivity contribution in [3.63, 3.8) is 0 Å². The van der Waals surface area contributed by atoms with Crippen molar-refractivity contribution in [2.45, 2.75) is 26.5 Å². The molecule has 1 aliphatic rings. The number of rotatable bonds is 4. The Balaban J connectivity index is 2.67. The van der Waals surface area contributed by atoms with Crippen molar-refractivity contribution in [1.29, 1.82) is 0 Å². The van der Waals surface area contributed by atoms with Gasteiger partial charge in [-0.05, 0) is 0 Å². The molecule has 1 heterocycles. The van der Waals surface area contributed by atoms with Gasteiger partial charge in [-0.3, -0.25) is 9.82 Å². The van der Waals surface area contributed by atoms with Gasteiger partial charge in [0.1, 0.15) is 0 Å². The molecule has 1 fully saturated rings. The SMILES string of the molecule is CCN(CC)P1(=O)NC(OO)CCO1. The first kappa shape index (κ1) is 12.1. The Hall–Kier alpha value is 0.0300. The van der Waals surface area contributed by atoms with Crippen molar-refractivity contribution in [3.8, 4) is 0 Å². The molecule has 0 spiro atoms. The minimum atomic E-state index is -3.00. The summed E-state index contributed by atoms with van der Waals surface area (Å²) < 4.78 is 19.1. The zero-order valence-corrected chi connectivity index (χ0v) is 9.37. The second-order valence-corrected chi connectivity index (χ2v) is 5.13. The third kappa shape index (κ3) is 2.53. The van der Waals surface area contributed by atoms with E-state index in [0.29, 0.717) is 26.1 Å². The largest absolute Gasteiger partial charge is 0.345 e. The van der Waals surface area contributed by atoms with E-state index in [4.69, 9.17) is 9.78 Å². The molecule has 2 N–H and O–H groups in total. The van der Waals surface area contributed by atoms with Crippen LogP contribution in [0.3, 0.4) is 0 Å². The van der Waals surface area contributed by atoms with E-state index in [9.17, 15) is 4.57 Å². The summed E-state index contributed by atoms with van der Waals surface area (Å²) in [7, 11) is -3.00. The predicted octanol–water partition coefficient (Wildman–Crippen LogP) is 1.26. The van der Waals surface area contributed by atoms with Crippen LogP contribution in [-0.2, 0) is 14.0 Å². The van der Waals surface area contributed by atoms with Crippen LogP contribution >= 0.6 is 7.67 Å². The lowest BCUT2D eigenvalue weighted by molar-refractivity contribution is -0.286. The number of nitrogens with one attached hydrogen (secondary N) is 1. The summed E-state index contributed by atoms with van der Waals surface area (Å²) in [5.41, 5.74) is 0. The number of hydrogen-bond donors (Lipinski definition) is 2. The molecule has 14 heavy (non-hydrogen) atoms. The first-order valence-corrected chi connectivity index (χ1v) is 6.32. The van der Waals surface area contributed by atoms with Crippen molar-refractivity contribution < 1.29 is 19.2 Å². The van der Waals surface area contributed by atoms with Crippen molar-refractivity contribution in [2.75, 3.05) is 19.7 Å². The van der Waals surface area contributed by atoms with E-state index in [1.165, 1.54) is 0 Å². The van der Waals surface area contributed by atoms with Crippen molar-refractivity contribution in [1.82, 2.24) is 9.76 Å². The highest BCUT2D eigenvalue weighted by atomic mass is 31.2. The molecule has 0 aromatic rings. The van der Waals surface area contributed by atoms with E-state index in [1.807, 2.05) is 13.8 Å². The second kappa shape index (κ2) is 5.21. The first-order chi connectivity index (χ1) is 6.66. The fourth-order valence-electron chi connectivity index (χ4n) is 1.40. The molecule has 84 valence electrons. The molecule has 2 atom stereocenters. The van der Waals surface area contributed by atoms with Crippen LogP contribution in [0.4, 0.5) is 0 Å². The van der Waals surface area contributed by atoms with E-state index in [2.05, 4.69) is 9.97 Å². The quantitative estimate of drug-likeness (QED) is 0.425. The fraction of sp³-hybridized carbons (Fsp3) is 1.00. The molecule has 0 aliphatic carbocycles. The molecular weight excluding hydrogens is 207 g/mol. The Morgan fingerprint density at radius 1 is 1.64 bits per heavy atom.